The first-order valence-corrected chi connectivity index (χ1v) is 9.46. The lowest BCUT2D eigenvalue weighted by Gasteiger charge is -2.20. The molecule has 2 N–H and O–H groups in total. The van der Waals surface area contributed by atoms with Gasteiger partial charge in [0.05, 0.1) is 29.7 Å². The van der Waals surface area contributed by atoms with Gasteiger partial charge in [0.25, 0.3) is 5.91 Å². The fourth-order valence-corrected chi connectivity index (χ4v) is 3.30. The van der Waals surface area contributed by atoms with Gasteiger partial charge in [-0.25, -0.2) is 0 Å². The zero-order chi connectivity index (χ0) is 19.1. The number of hydrogen-bond donors (Lipinski definition) is 2. The van der Waals surface area contributed by atoms with Crippen molar-refractivity contribution in [2.45, 2.75) is 18.9 Å². The van der Waals surface area contributed by atoms with E-state index in [1.54, 1.807) is 24.3 Å². The largest absolute Gasteiger partial charge is 0.381 e. The molecule has 1 heterocycles. The molecule has 142 valence electrons. The van der Waals surface area contributed by atoms with E-state index in [-0.39, 0.29) is 18.2 Å². The Hall–Kier alpha value is -2.37. The molecule has 6 heteroatoms. The van der Waals surface area contributed by atoms with Crippen LogP contribution in [-0.4, -0.2) is 31.6 Å². The zero-order valence-corrected chi connectivity index (χ0v) is 15.7. The summed E-state index contributed by atoms with van der Waals surface area (Å²) in [5.74, 6) is -0.0384. The number of amides is 2. The number of rotatable bonds is 7. The van der Waals surface area contributed by atoms with Crippen LogP contribution in [0.2, 0.25) is 5.02 Å². The lowest BCUT2D eigenvalue weighted by atomic mass is 10.0. The topological polar surface area (TPSA) is 67.4 Å². The second kappa shape index (κ2) is 9.53. The average Bonchev–Trinajstić information content (AvgIpc) is 3.20. The predicted molar refractivity (Wildman–Crippen MR) is 105 cm³/mol. The first-order valence-electron chi connectivity index (χ1n) is 9.08. The van der Waals surface area contributed by atoms with Gasteiger partial charge in [0.15, 0.2) is 0 Å². The maximum absolute atomic E-state index is 12.7. The molecule has 27 heavy (non-hydrogen) atoms. The number of benzene rings is 2. The van der Waals surface area contributed by atoms with E-state index in [2.05, 4.69) is 10.6 Å². The molecule has 2 amide bonds. The van der Waals surface area contributed by atoms with E-state index >= 15 is 0 Å². The Morgan fingerprint density at radius 1 is 1.11 bits per heavy atom. The molecule has 0 bridgehead atoms. The lowest BCUT2D eigenvalue weighted by Crippen LogP contribution is -2.35. The van der Waals surface area contributed by atoms with Crippen molar-refractivity contribution in [2.75, 3.05) is 19.8 Å². The highest BCUT2D eigenvalue weighted by Crippen LogP contribution is 2.20. The third kappa shape index (κ3) is 5.55. The van der Waals surface area contributed by atoms with E-state index in [9.17, 15) is 9.59 Å². The minimum Gasteiger partial charge on any atom is -0.381 e. The Morgan fingerprint density at radius 3 is 2.56 bits per heavy atom. The highest BCUT2D eigenvalue weighted by atomic mass is 35.5. The number of halogens is 1. The van der Waals surface area contributed by atoms with E-state index in [4.69, 9.17) is 16.3 Å². The first-order chi connectivity index (χ1) is 13.1. The van der Waals surface area contributed by atoms with Crippen LogP contribution in [0.25, 0.3) is 0 Å². The summed E-state index contributed by atoms with van der Waals surface area (Å²) in [7, 11) is 0. The minimum atomic E-state index is -0.435. The van der Waals surface area contributed by atoms with Crippen molar-refractivity contribution < 1.29 is 14.3 Å². The van der Waals surface area contributed by atoms with Crippen LogP contribution < -0.4 is 10.6 Å². The number of nitrogens with one attached hydrogen (secondary N) is 2. The predicted octanol–water partition coefficient (Wildman–Crippen LogP) is 3.35. The molecule has 0 spiro atoms. The van der Waals surface area contributed by atoms with E-state index in [0.29, 0.717) is 29.7 Å². The molecular formula is C21H23ClN2O3. The molecule has 0 radical (unpaired) electrons. The van der Waals surface area contributed by atoms with E-state index in [1.807, 2.05) is 30.3 Å². The fourth-order valence-electron chi connectivity index (χ4n) is 3.08. The second-order valence-electron chi connectivity index (χ2n) is 6.65. The fraction of sp³-hybridized carbons (Fsp3) is 0.333. The molecule has 2 atom stereocenters. The Kier molecular flexibility index (Phi) is 6.85. The van der Waals surface area contributed by atoms with Crippen LogP contribution >= 0.6 is 11.6 Å². The minimum absolute atomic E-state index is 0.102. The molecule has 1 aliphatic rings. The summed E-state index contributed by atoms with van der Waals surface area (Å²) in [6.07, 6.45) is 1.12. The molecule has 1 fully saturated rings. The Labute approximate surface area is 164 Å². The Morgan fingerprint density at radius 2 is 1.85 bits per heavy atom. The van der Waals surface area contributed by atoms with E-state index < -0.39 is 6.04 Å². The van der Waals surface area contributed by atoms with E-state index in [0.717, 1.165) is 18.6 Å². The van der Waals surface area contributed by atoms with Crippen molar-refractivity contribution in [1.82, 2.24) is 10.6 Å². The number of carbonyl (C=O) groups is 2. The van der Waals surface area contributed by atoms with Gasteiger partial charge in [-0.1, -0.05) is 54.1 Å². The molecule has 1 saturated heterocycles. The number of hydrogen-bond acceptors (Lipinski definition) is 3. The Balaban J connectivity index is 1.66. The summed E-state index contributed by atoms with van der Waals surface area (Å²) in [6, 6.07) is 15.9. The van der Waals surface area contributed by atoms with Crippen LogP contribution in [0, 0.1) is 5.92 Å². The van der Waals surface area contributed by atoms with Crippen molar-refractivity contribution in [3.8, 4) is 0 Å². The zero-order valence-electron chi connectivity index (χ0n) is 15.0. The maximum atomic E-state index is 12.7. The summed E-state index contributed by atoms with van der Waals surface area (Å²) in [5.41, 5.74) is 1.26. The van der Waals surface area contributed by atoms with Crippen LogP contribution in [0.3, 0.4) is 0 Å². The van der Waals surface area contributed by atoms with Crippen molar-refractivity contribution in [3.05, 3.63) is 70.7 Å². The van der Waals surface area contributed by atoms with Crippen molar-refractivity contribution in [2.24, 2.45) is 5.92 Å². The highest BCUT2D eigenvalue weighted by molar-refractivity contribution is 6.33. The van der Waals surface area contributed by atoms with Crippen LogP contribution in [-0.2, 0) is 9.53 Å². The smallest absolute Gasteiger partial charge is 0.253 e. The molecule has 2 unspecified atom stereocenters. The maximum Gasteiger partial charge on any atom is 0.253 e. The highest BCUT2D eigenvalue weighted by Gasteiger charge is 2.22. The Bertz CT molecular complexity index is 776. The van der Waals surface area contributed by atoms with Crippen molar-refractivity contribution >= 4 is 23.4 Å². The second-order valence-corrected chi connectivity index (χ2v) is 7.06. The summed E-state index contributed by atoms with van der Waals surface area (Å²) in [5, 5.41) is 6.28. The van der Waals surface area contributed by atoms with Crippen LogP contribution in [0.1, 0.15) is 34.8 Å². The molecule has 2 aromatic carbocycles. The molecule has 1 aliphatic heterocycles. The monoisotopic (exact) mass is 386 g/mol. The van der Waals surface area contributed by atoms with Gasteiger partial charge in [0.1, 0.15) is 0 Å². The van der Waals surface area contributed by atoms with Gasteiger partial charge in [0.2, 0.25) is 5.91 Å². The normalized spacial score (nSPS) is 17.3. The number of ether oxygens (including phenoxy) is 1. The molecule has 5 nitrogen and oxygen atoms in total. The van der Waals surface area contributed by atoms with Gasteiger partial charge in [-0.3, -0.25) is 9.59 Å². The van der Waals surface area contributed by atoms with Gasteiger partial charge >= 0.3 is 0 Å². The summed E-state index contributed by atoms with van der Waals surface area (Å²) < 4.78 is 5.33. The van der Waals surface area contributed by atoms with E-state index in [1.165, 1.54) is 0 Å². The lowest BCUT2D eigenvalue weighted by molar-refractivity contribution is -0.121. The molecule has 2 aromatic rings. The molecule has 0 aliphatic carbocycles. The molecule has 0 aromatic heterocycles. The summed E-state index contributed by atoms with van der Waals surface area (Å²) >= 11 is 6.12. The molecular weight excluding hydrogens is 364 g/mol. The average molecular weight is 387 g/mol. The van der Waals surface area contributed by atoms with Crippen LogP contribution in [0.5, 0.6) is 0 Å². The van der Waals surface area contributed by atoms with Crippen LogP contribution in [0.4, 0.5) is 0 Å². The molecule has 3 rings (SSSR count). The van der Waals surface area contributed by atoms with Gasteiger partial charge in [0, 0.05) is 19.1 Å². The third-order valence-corrected chi connectivity index (χ3v) is 4.96. The van der Waals surface area contributed by atoms with Crippen molar-refractivity contribution in [3.63, 3.8) is 0 Å². The summed E-state index contributed by atoms with van der Waals surface area (Å²) in [6.45, 7) is 2.03. The number of carbonyl (C=O) groups excluding carboxylic acids is 2. The first kappa shape index (κ1) is 19.4. The SMILES string of the molecule is O=C(CC(NC(=O)c1ccccc1Cl)c1ccccc1)NCC1CCOC1. The van der Waals surface area contributed by atoms with Gasteiger partial charge < -0.3 is 15.4 Å². The standard InChI is InChI=1S/C21H23ClN2O3/c22-18-9-5-4-8-17(18)21(26)24-19(16-6-2-1-3-7-16)12-20(25)23-13-15-10-11-27-14-15/h1-9,15,19H,10-14H2,(H,23,25)(H,24,26). The van der Waals surface area contributed by atoms with Gasteiger partial charge in [-0.05, 0) is 24.1 Å². The quantitative estimate of drug-likeness (QED) is 0.766. The van der Waals surface area contributed by atoms with Gasteiger partial charge in [-0.15, -0.1) is 0 Å². The van der Waals surface area contributed by atoms with Crippen LogP contribution in [0.15, 0.2) is 54.6 Å². The van der Waals surface area contributed by atoms with Crippen molar-refractivity contribution in [1.29, 1.82) is 0 Å². The van der Waals surface area contributed by atoms with Gasteiger partial charge in [-0.2, -0.15) is 0 Å². The third-order valence-electron chi connectivity index (χ3n) is 4.63. The molecule has 0 saturated carbocycles. The summed E-state index contributed by atoms with van der Waals surface area (Å²) in [4.78, 5) is 25.1.